The lowest BCUT2D eigenvalue weighted by atomic mass is 10.3. The highest BCUT2D eigenvalue weighted by Crippen LogP contribution is 2.16. The van der Waals surface area contributed by atoms with Crippen LogP contribution in [0, 0.1) is 0 Å². The number of methoxy groups -OCH3 is 2. The van der Waals surface area contributed by atoms with E-state index in [-0.39, 0.29) is 12.5 Å². The van der Waals surface area contributed by atoms with Gasteiger partial charge in [0.1, 0.15) is 18.1 Å². The zero-order valence-electron chi connectivity index (χ0n) is 12.0. The van der Waals surface area contributed by atoms with Gasteiger partial charge in [0.05, 0.1) is 26.8 Å². The fraction of sp³-hybridized carbons (Fsp3) is 0.500. The van der Waals surface area contributed by atoms with E-state index in [9.17, 15) is 4.79 Å². The third-order valence-corrected chi connectivity index (χ3v) is 2.52. The SMILES string of the molecule is COCCNCC(=O)NCCOc1ccc(OC)cc1. The van der Waals surface area contributed by atoms with Crippen LogP contribution < -0.4 is 20.1 Å². The lowest BCUT2D eigenvalue weighted by Crippen LogP contribution is -2.37. The summed E-state index contributed by atoms with van der Waals surface area (Å²) in [6.07, 6.45) is 0. The summed E-state index contributed by atoms with van der Waals surface area (Å²) in [5.74, 6) is 1.48. The molecule has 0 unspecified atom stereocenters. The fourth-order valence-corrected chi connectivity index (χ4v) is 1.47. The second-order valence-corrected chi connectivity index (χ2v) is 4.04. The first-order valence-electron chi connectivity index (χ1n) is 6.49. The average molecular weight is 282 g/mol. The largest absolute Gasteiger partial charge is 0.497 e. The van der Waals surface area contributed by atoms with E-state index < -0.39 is 0 Å². The second-order valence-electron chi connectivity index (χ2n) is 4.04. The molecule has 0 saturated carbocycles. The van der Waals surface area contributed by atoms with Crippen LogP contribution in [0.15, 0.2) is 24.3 Å². The van der Waals surface area contributed by atoms with E-state index >= 15 is 0 Å². The molecule has 6 heteroatoms. The Morgan fingerprint density at radius 3 is 2.40 bits per heavy atom. The molecule has 0 fully saturated rings. The van der Waals surface area contributed by atoms with Gasteiger partial charge >= 0.3 is 0 Å². The number of nitrogens with one attached hydrogen (secondary N) is 2. The lowest BCUT2D eigenvalue weighted by Gasteiger charge is -2.09. The molecule has 0 heterocycles. The standard InChI is InChI=1S/C14H22N2O4/c1-18-9-7-15-11-14(17)16-8-10-20-13-5-3-12(19-2)4-6-13/h3-6,15H,7-11H2,1-2H3,(H,16,17). The second kappa shape index (κ2) is 10.1. The molecule has 112 valence electrons. The summed E-state index contributed by atoms with van der Waals surface area (Å²) in [4.78, 5) is 11.4. The highest BCUT2D eigenvalue weighted by Gasteiger charge is 2.00. The summed E-state index contributed by atoms with van der Waals surface area (Å²) in [6, 6.07) is 7.31. The van der Waals surface area contributed by atoms with Gasteiger partial charge in [-0.25, -0.2) is 0 Å². The zero-order chi connectivity index (χ0) is 14.6. The van der Waals surface area contributed by atoms with E-state index in [0.717, 1.165) is 11.5 Å². The smallest absolute Gasteiger partial charge is 0.234 e. The van der Waals surface area contributed by atoms with Gasteiger partial charge in [0.15, 0.2) is 0 Å². The van der Waals surface area contributed by atoms with Crippen LogP contribution in [-0.2, 0) is 9.53 Å². The predicted molar refractivity (Wildman–Crippen MR) is 76.2 cm³/mol. The molecule has 6 nitrogen and oxygen atoms in total. The molecule has 2 N–H and O–H groups in total. The first kappa shape index (κ1) is 16.3. The first-order chi connectivity index (χ1) is 9.76. The Kier molecular flexibility index (Phi) is 8.17. The van der Waals surface area contributed by atoms with Crippen molar-refractivity contribution >= 4 is 5.91 Å². The van der Waals surface area contributed by atoms with Crippen LogP contribution in [0.4, 0.5) is 0 Å². The van der Waals surface area contributed by atoms with Crippen molar-refractivity contribution in [3.8, 4) is 11.5 Å². The van der Waals surface area contributed by atoms with E-state index in [1.54, 1.807) is 14.2 Å². The van der Waals surface area contributed by atoms with E-state index in [0.29, 0.717) is 26.3 Å². The maximum atomic E-state index is 11.4. The molecular weight excluding hydrogens is 260 g/mol. The number of carbonyl (C=O) groups is 1. The fourth-order valence-electron chi connectivity index (χ4n) is 1.47. The molecule has 0 bridgehead atoms. The van der Waals surface area contributed by atoms with Gasteiger partial charge in [-0.05, 0) is 24.3 Å². The number of amides is 1. The van der Waals surface area contributed by atoms with Gasteiger partial charge in [0.25, 0.3) is 0 Å². The molecule has 1 rings (SSSR count). The number of ether oxygens (including phenoxy) is 3. The Morgan fingerprint density at radius 1 is 1.05 bits per heavy atom. The predicted octanol–water partition coefficient (Wildman–Crippen LogP) is 0.426. The quantitative estimate of drug-likeness (QED) is 0.609. The van der Waals surface area contributed by atoms with Crippen molar-refractivity contribution < 1.29 is 19.0 Å². The van der Waals surface area contributed by atoms with Crippen molar-refractivity contribution in [2.24, 2.45) is 0 Å². The molecule has 1 aromatic rings. The van der Waals surface area contributed by atoms with Gasteiger partial charge in [-0.3, -0.25) is 4.79 Å². The molecular formula is C14H22N2O4. The Hall–Kier alpha value is -1.79. The molecule has 1 aromatic carbocycles. The molecule has 0 aromatic heterocycles. The average Bonchev–Trinajstić information content (AvgIpc) is 2.49. The van der Waals surface area contributed by atoms with Gasteiger partial charge < -0.3 is 24.8 Å². The summed E-state index contributed by atoms with van der Waals surface area (Å²) in [5, 5.41) is 5.73. The summed E-state index contributed by atoms with van der Waals surface area (Å²) in [7, 11) is 3.24. The minimum absolute atomic E-state index is 0.0561. The van der Waals surface area contributed by atoms with Crippen molar-refractivity contribution in [3.63, 3.8) is 0 Å². The van der Waals surface area contributed by atoms with Gasteiger partial charge in [0.2, 0.25) is 5.91 Å². The monoisotopic (exact) mass is 282 g/mol. The van der Waals surface area contributed by atoms with Crippen molar-refractivity contribution in [2.75, 3.05) is 47.1 Å². The van der Waals surface area contributed by atoms with Crippen LogP contribution in [0.1, 0.15) is 0 Å². The van der Waals surface area contributed by atoms with E-state index in [4.69, 9.17) is 14.2 Å². The van der Waals surface area contributed by atoms with Crippen LogP contribution in [0.5, 0.6) is 11.5 Å². The Balaban J connectivity index is 2.07. The molecule has 0 radical (unpaired) electrons. The molecule has 0 saturated heterocycles. The van der Waals surface area contributed by atoms with Crippen LogP contribution in [-0.4, -0.2) is 53.0 Å². The van der Waals surface area contributed by atoms with Crippen LogP contribution >= 0.6 is 0 Å². The van der Waals surface area contributed by atoms with E-state index in [1.807, 2.05) is 24.3 Å². The summed E-state index contributed by atoms with van der Waals surface area (Å²) >= 11 is 0. The summed E-state index contributed by atoms with van der Waals surface area (Å²) in [5.41, 5.74) is 0. The third kappa shape index (κ3) is 6.96. The van der Waals surface area contributed by atoms with Gasteiger partial charge in [-0.15, -0.1) is 0 Å². The lowest BCUT2D eigenvalue weighted by molar-refractivity contribution is -0.120. The van der Waals surface area contributed by atoms with Crippen LogP contribution in [0.25, 0.3) is 0 Å². The van der Waals surface area contributed by atoms with Crippen LogP contribution in [0.3, 0.4) is 0 Å². The molecule has 20 heavy (non-hydrogen) atoms. The zero-order valence-corrected chi connectivity index (χ0v) is 12.0. The molecule has 0 spiro atoms. The number of benzene rings is 1. The molecule has 0 atom stereocenters. The van der Waals surface area contributed by atoms with Crippen LogP contribution in [0.2, 0.25) is 0 Å². The molecule has 1 amide bonds. The number of hydrogen-bond donors (Lipinski definition) is 2. The molecule has 0 aliphatic heterocycles. The minimum Gasteiger partial charge on any atom is -0.497 e. The minimum atomic E-state index is -0.0561. The maximum absolute atomic E-state index is 11.4. The van der Waals surface area contributed by atoms with Gasteiger partial charge in [-0.1, -0.05) is 0 Å². The normalized spacial score (nSPS) is 10.1. The number of rotatable bonds is 10. The molecule has 0 aliphatic carbocycles. The Morgan fingerprint density at radius 2 is 1.75 bits per heavy atom. The molecule has 0 aliphatic rings. The van der Waals surface area contributed by atoms with Crippen molar-refractivity contribution in [2.45, 2.75) is 0 Å². The maximum Gasteiger partial charge on any atom is 0.234 e. The first-order valence-corrected chi connectivity index (χ1v) is 6.49. The highest BCUT2D eigenvalue weighted by atomic mass is 16.5. The van der Waals surface area contributed by atoms with Crippen molar-refractivity contribution in [3.05, 3.63) is 24.3 Å². The Bertz CT molecular complexity index is 381. The number of carbonyl (C=O) groups excluding carboxylic acids is 1. The van der Waals surface area contributed by atoms with Gasteiger partial charge in [0, 0.05) is 13.7 Å². The van der Waals surface area contributed by atoms with Crippen molar-refractivity contribution in [1.29, 1.82) is 0 Å². The van der Waals surface area contributed by atoms with E-state index in [1.165, 1.54) is 0 Å². The van der Waals surface area contributed by atoms with Crippen molar-refractivity contribution in [1.82, 2.24) is 10.6 Å². The van der Waals surface area contributed by atoms with E-state index in [2.05, 4.69) is 10.6 Å². The van der Waals surface area contributed by atoms with Gasteiger partial charge in [-0.2, -0.15) is 0 Å². The number of hydrogen-bond acceptors (Lipinski definition) is 5. The topological polar surface area (TPSA) is 68.8 Å². The summed E-state index contributed by atoms with van der Waals surface area (Å²) in [6.45, 7) is 2.43. The Labute approximate surface area is 119 Å². The summed E-state index contributed by atoms with van der Waals surface area (Å²) < 4.78 is 15.4. The highest BCUT2D eigenvalue weighted by molar-refractivity contribution is 5.77. The third-order valence-electron chi connectivity index (χ3n) is 2.52.